The van der Waals surface area contributed by atoms with Gasteiger partial charge in [0, 0.05) is 5.56 Å². The summed E-state index contributed by atoms with van der Waals surface area (Å²) < 4.78 is 5.82. The SMILES string of the molecule is COc1ccc(C(=O)Nc2cnc(Br)c(C)c2)cc1. The number of nitrogens with one attached hydrogen (secondary N) is 1. The lowest BCUT2D eigenvalue weighted by molar-refractivity contribution is 0.102. The van der Waals surface area contributed by atoms with Gasteiger partial charge in [-0.05, 0) is 58.7 Å². The summed E-state index contributed by atoms with van der Waals surface area (Å²) in [5.41, 5.74) is 2.20. The zero-order valence-corrected chi connectivity index (χ0v) is 12.2. The van der Waals surface area contributed by atoms with Crippen molar-refractivity contribution in [3.8, 4) is 5.75 Å². The highest BCUT2D eigenvalue weighted by Gasteiger charge is 2.07. The number of pyridine rings is 1. The van der Waals surface area contributed by atoms with Gasteiger partial charge in [0.2, 0.25) is 0 Å². The molecule has 98 valence electrons. The summed E-state index contributed by atoms with van der Waals surface area (Å²) in [4.78, 5) is 16.2. The van der Waals surface area contributed by atoms with Crippen LogP contribution in [-0.2, 0) is 0 Å². The van der Waals surface area contributed by atoms with Crippen LogP contribution in [0.2, 0.25) is 0 Å². The van der Waals surface area contributed by atoms with E-state index in [0.717, 1.165) is 15.9 Å². The molecule has 0 saturated heterocycles. The average Bonchev–Trinajstić information content (AvgIpc) is 2.43. The molecule has 2 aromatic rings. The van der Waals surface area contributed by atoms with Gasteiger partial charge in [-0.3, -0.25) is 4.79 Å². The van der Waals surface area contributed by atoms with Crippen molar-refractivity contribution >= 4 is 27.5 Å². The van der Waals surface area contributed by atoms with E-state index < -0.39 is 0 Å². The van der Waals surface area contributed by atoms with Crippen LogP contribution in [0.4, 0.5) is 5.69 Å². The van der Waals surface area contributed by atoms with Gasteiger partial charge in [-0.15, -0.1) is 0 Å². The zero-order valence-electron chi connectivity index (χ0n) is 10.6. The van der Waals surface area contributed by atoms with Gasteiger partial charge in [-0.2, -0.15) is 0 Å². The quantitative estimate of drug-likeness (QED) is 0.882. The van der Waals surface area contributed by atoms with E-state index in [4.69, 9.17) is 4.74 Å². The molecule has 0 fully saturated rings. The van der Waals surface area contributed by atoms with Gasteiger partial charge in [-0.1, -0.05) is 0 Å². The second-order valence-electron chi connectivity index (χ2n) is 4.01. The molecule has 19 heavy (non-hydrogen) atoms. The third-order valence-electron chi connectivity index (χ3n) is 2.62. The summed E-state index contributed by atoms with van der Waals surface area (Å²) in [6.45, 7) is 1.92. The number of aromatic nitrogens is 1. The van der Waals surface area contributed by atoms with E-state index >= 15 is 0 Å². The summed E-state index contributed by atoms with van der Waals surface area (Å²) in [5.74, 6) is 0.545. The van der Waals surface area contributed by atoms with Crippen molar-refractivity contribution in [1.29, 1.82) is 0 Å². The number of methoxy groups -OCH3 is 1. The molecule has 1 amide bonds. The van der Waals surface area contributed by atoms with Crippen molar-refractivity contribution in [2.45, 2.75) is 6.92 Å². The minimum Gasteiger partial charge on any atom is -0.497 e. The summed E-state index contributed by atoms with van der Waals surface area (Å²) in [5, 5.41) is 2.80. The number of carbonyl (C=O) groups excluding carboxylic acids is 1. The van der Waals surface area contributed by atoms with Gasteiger partial charge in [0.25, 0.3) is 5.91 Å². The maximum atomic E-state index is 12.0. The van der Waals surface area contributed by atoms with Crippen LogP contribution in [0.5, 0.6) is 5.75 Å². The van der Waals surface area contributed by atoms with Gasteiger partial charge in [0.15, 0.2) is 0 Å². The highest BCUT2D eigenvalue weighted by atomic mass is 79.9. The lowest BCUT2D eigenvalue weighted by Crippen LogP contribution is -2.12. The van der Waals surface area contributed by atoms with Crippen molar-refractivity contribution < 1.29 is 9.53 Å². The van der Waals surface area contributed by atoms with E-state index in [0.29, 0.717) is 11.3 Å². The molecule has 0 unspecified atom stereocenters. The lowest BCUT2D eigenvalue weighted by atomic mass is 10.2. The number of ether oxygens (including phenoxy) is 1. The van der Waals surface area contributed by atoms with Crippen molar-refractivity contribution in [3.63, 3.8) is 0 Å². The van der Waals surface area contributed by atoms with Gasteiger partial charge >= 0.3 is 0 Å². The number of nitrogens with zero attached hydrogens (tertiary/aromatic N) is 1. The molecular formula is C14H13BrN2O2. The van der Waals surface area contributed by atoms with Crippen LogP contribution in [0.25, 0.3) is 0 Å². The van der Waals surface area contributed by atoms with Gasteiger partial charge in [0.05, 0.1) is 19.0 Å². The normalized spacial score (nSPS) is 10.1. The molecule has 0 spiro atoms. The van der Waals surface area contributed by atoms with Crippen molar-refractivity contribution in [2.75, 3.05) is 12.4 Å². The third-order valence-corrected chi connectivity index (χ3v) is 3.45. The summed E-state index contributed by atoms with van der Waals surface area (Å²) in [6, 6.07) is 8.79. The number of halogens is 1. The lowest BCUT2D eigenvalue weighted by Gasteiger charge is -2.07. The molecule has 2 rings (SSSR count). The Kier molecular flexibility index (Phi) is 4.16. The smallest absolute Gasteiger partial charge is 0.255 e. The highest BCUT2D eigenvalue weighted by molar-refractivity contribution is 9.10. The fourth-order valence-electron chi connectivity index (χ4n) is 1.57. The Morgan fingerprint density at radius 2 is 2.00 bits per heavy atom. The molecule has 1 aromatic carbocycles. The number of aryl methyl sites for hydroxylation is 1. The average molecular weight is 321 g/mol. The molecule has 4 nitrogen and oxygen atoms in total. The molecule has 1 aromatic heterocycles. The Labute approximate surface area is 119 Å². The van der Waals surface area contributed by atoms with Crippen molar-refractivity contribution in [3.05, 3.63) is 52.3 Å². The van der Waals surface area contributed by atoms with Gasteiger partial charge < -0.3 is 10.1 Å². The Bertz CT molecular complexity index is 597. The van der Waals surface area contributed by atoms with Crippen LogP contribution in [0.1, 0.15) is 15.9 Å². The second kappa shape index (κ2) is 5.84. The standard InChI is InChI=1S/C14H13BrN2O2/c1-9-7-11(8-16-13(9)15)17-14(18)10-3-5-12(19-2)6-4-10/h3-8H,1-2H3,(H,17,18). The molecule has 1 heterocycles. The summed E-state index contributed by atoms with van der Waals surface area (Å²) in [6.07, 6.45) is 1.61. The monoisotopic (exact) mass is 320 g/mol. The van der Waals surface area contributed by atoms with Crippen LogP contribution >= 0.6 is 15.9 Å². The Hall–Kier alpha value is -1.88. The first-order valence-electron chi connectivity index (χ1n) is 5.67. The molecule has 0 saturated carbocycles. The van der Waals surface area contributed by atoms with E-state index in [9.17, 15) is 4.79 Å². The molecular weight excluding hydrogens is 308 g/mol. The van der Waals surface area contributed by atoms with Crippen molar-refractivity contribution in [1.82, 2.24) is 4.98 Å². The largest absolute Gasteiger partial charge is 0.497 e. The van der Waals surface area contributed by atoms with Crippen LogP contribution in [0, 0.1) is 6.92 Å². The zero-order chi connectivity index (χ0) is 13.8. The number of hydrogen-bond donors (Lipinski definition) is 1. The number of rotatable bonds is 3. The first kappa shape index (κ1) is 13.5. The maximum absolute atomic E-state index is 12.0. The Morgan fingerprint density at radius 1 is 1.32 bits per heavy atom. The number of hydrogen-bond acceptors (Lipinski definition) is 3. The molecule has 0 aliphatic rings. The maximum Gasteiger partial charge on any atom is 0.255 e. The minimum atomic E-state index is -0.175. The van der Waals surface area contributed by atoms with Gasteiger partial charge in [-0.25, -0.2) is 4.98 Å². The van der Waals surface area contributed by atoms with E-state index in [2.05, 4.69) is 26.2 Å². The fraction of sp³-hybridized carbons (Fsp3) is 0.143. The number of carbonyl (C=O) groups is 1. The topological polar surface area (TPSA) is 51.2 Å². The van der Waals surface area contributed by atoms with Crippen LogP contribution in [0.15, 0.2) is 41.1 Å². The predicted molar refractivity (Wildman–Crippen MR) is 77.6 cm³/mol. The van der Waals surface area contributed by atoms with E-state index in [1.807, 2.05) is 13.0 Å². The molecule has 1 N–H and O–H groups in total. The highest BCUT2D eigenvalue weighted by Crippen LogP contribution is 2.18. The molecule has 0 aliphatic heterocycles. The Morgan fingerprint density at radius 3 is 2.58 bits per heavy atom. The Balaban J connectivity index is 2.13. The molecule has 0 radical (unpaired) electrons. The molecule has 0 bridgehead atoms. The van der Waals surface area contributed by atoms with Gasteiger partial charge in [0.1, 0.15) is 10.4 Å². The minimum absolute atomic E-state index is 0.175. The van der Waals surface area contributed by atoms with E-state index in [1.165, 1.54) is 0 Å². The third kappa shape index (κ3) is 3.32. The van der Waals surface area contributed by atoms with Crippen molar-refractivity contribution in [2.24, 2.45) is 0 Å². The predicted octanol–water partition coefficient (Wildman–Crippen LogP) is 3.41. The first-order valence-corrected chi connectivity index (χ1v) is 6.47. The van der Waals surface area contributed by atoms with E-state index in [-0.39, 0.29) is 5.91 Å². The summed E-state index contributed by atoms with van der Waals surface area (Å²) in [7, 11) is 1.59. The number of amides is 1. The van der Waals surface area contributed by atoms with Crippen LogP contribution in [-0.4, -0.2) is 18.0 Å². The number of benzene rings is 1. The van der Waals surface area contributed by atoms with E-state index in [1.54, 1.807) is 37.6 Å². The fourth-order valence-corrected chi connectivity index (χ4v) is 1.79. The summed E-state index contributed by atoms with van der Waals surface area (Å²) >= 11 is 3.32. The molecule has 5 heteroatoms. The molecule has 0 atom stereocenters. The van der Waals surface area contributed by atoms with Crippen LogP contribution in [0.3, 0.4) is 0 Å². The molecule has 0 aliphatic carbocycles. The van der Waals surface area contributed by atoms with Crippen LogP contribution < -0.4 is 10.1 Å². The second-order valence-corrected chi connectivity index (χ2v) is 4.77. The number of anilines is 1. The first-order chi connectivity index (χ1) is 9.10.